The van der Waals surface area contributed by atoms with Crippen molar-refractivity contribution in [1.29, 1.82) is 0 Å². The van der Waals surface area contributed by atoms with Gasteiger partial charge in [0, 0.05) is 60.2 Å². The number of hydrogen-bond acceptors (Lipinski definition) is 4. The van der Waals surface area contributed by atoms with E-state index in [2.05, 4.69) is 72.8 Å². The van der Waals surface area contributed by atoms with Crippen molar-refractivity contribution in [3.8, 4) is 22.3 Å². The van der Waals surface area contributed by atoms with Gasteiger partial charge in [0.15, 0.2) is 11.6 Å². The average molecular weight is 963 g/mol. The number of carboxylic acid groups (broad SMARTS) is 2. The third-order valence-corrected chi connectivity index (χ3v) is 16.4. The highest BCUT2D eigenvalue weighted by molar-refractivity contribution is 6.08. The molecule has 8 nitrogen and oxygen atoms in total. The zero-order valence-electron chi connectivity index (χ0n) is 40.0. The fraction of sp³-hybridized carbons (Fsp3) is 0.290. The highest BCUT2D eigenvalue weighted by atomic mass is 19.1. The van der Waals surface area contributed by atoms with Crippen molar-refractivity contribution in [3.05, 3.63) is 192 Å². The zero-order valence-corrected chi connectivity index (χ0v) is 40.0. The van der Waals surface area contributed by atoms with Crippen molar-refractivity contribution in [2.24, 2.45) is 34.5 Å². The van der Waals surface area contributed by atoms with Crippen LogP contribution in [0, 0.1) is 46.1 Å². The van der Waals surface area contributed by atoms with E-state index in [1.807, 2.05) is 57.9 Å². The number of carbonyl (C=O) groups excluding carboxylic acids is 2. The molecule has 0 unspecified atom stereocenters. The Morgan fingerprint density at radius 2 is 0.792 bits per heavy atom. The topological polar surface area (TPSA) is 119 Å². The third-order valence-electron chi connectivity index (χ3n) is 16.4. The maximum Gasteiger partial charge on any atom is 0.306 e. The number of fused-ring (bicyclic) bond motifs is 2. The lowest BCUT2D eigenvalue weighted by molar-refractivity contribution is -0.158. The molecular weight excluding hydrogens is 907 g/mol. The molecule has 4 fully saturated rings. The molecule has 4 aliphatic carbocycles. The Hall–Kier alpha value is -7.46. The number of halogens is 2. The second kappa shape index (κ2) is 18.9. The largest absolute Gasteiger partial charge is 0.481 e. The Labute approximate surface area is 416 Å². The minimum absolute atomic E-state index is 0.0355. The number of ketones is 2. The lowest BCUT2D eigenvalue weighted by Crippen LogP contribution is -2.50. The Balaban J connectivity index is 0.000000156. The molecule has 2 spiro atoms. The van der Waals surface area contributed by atoms with Gasteiger partial charge in [-0.15, -0.1) is 0 Å². The van der Waals surface area contributed by atoms with Crippen molar-refractivity contribution in [1.82, 2.24) is 9.13 Å². The van der Waals surface area contributed by atoms with Gasteiger partial charge in [-0.05, 0) is 144 Å². The van der Waals surface area contributed by atoms with Crippen LogP contribution in [0.15, 0.2) is 158 Å². The number of benzene rings is 6. The van der Waals surface area contributed by atoms with Crippen LogP contribution in [-0.2, 0) is 22.7 Å². The summed E-state index contributed by atoms with van der Waals surface area (Å²) in [6, 6.07) is 46.5. The van der Waals surface area contributed by atoms with E-state index in [4.69, 9.17) is 10.2 Å². The van der Waals surface area contributed by atoms with E-state index in [0.717, 1.165) is 84.7 Å². The molecule has 0 radical (unpaired) electrons. The number of carboxylic acids is 2. The molecule has 6 aromatic carbocycles. The maximum atomic E-state index is 14.6. The van der Waals surface area contributed by atoms with Gasteiger partial charge >= 0.3 is 11.9 Å². The van der Waals surface area contributed by atoms with Gasteiger partial charge in [0.1, 0.15) is 11.6 Å². The standard InChI is InChI=1S/2C31H28FNO3/c2*32-27-11-10-26(28(34)14-21-15-31(16-21)17-24(18-31)30(35)36)29-25(27)12-13-33(29)19-20-6-8-23(9-7-20)22-4-2-1-3-5-22/h2*1-13,21,24H,14-19H2,(H,35,36). The summed E-state index contributed by atoms with van der Waals surface area (Å²) < 4.78 is 33.2. The predicted molar refractivity (Wildman–Crippen MR) is 275 cm³/mol. The zero-order chi connectivity index (χ0) is 49.7. The van der Waals surface area contributed by atoms with Crippen molar-refractivity contribution >= 4 is 45.3 Å². The first-order valence-corrected chi connectivity index (χ1v) is 25.2. The molecule has 12 rings (SSSR count). The molecule has 8 aromatic rings. The Kier molecular flexibility index (Phi) is 12.3. The van der Waals surface area contributed by atoms with Crippen LogP contribution in [0.3, 0.4) is 0 Å². The van der Waals surface area contributed by atoms with Crippen molar-refractivity contribution in [3.63, 3.8) is 0 Å². The summed E-state index contributed by atoms with van der Waals surface area (Å²) in [5, 5.41) is 19.3. The number of aromatic nitrogens is 2. The van der Waals surface area contributed by atoms with Crippen LogP contribution in [-0.4, -0.2) is 42.9 Å². The lowest BCUT2D eigenvalue weighted by Gasteiger charge is -2.56. The molecular formula is C62H56F2N2O6. The van der Waals surface area contributed by atoms with Crippen LogP contribution in [0.25, 0.3) is 44.1 Å². The van der Waals surface area contributed by atoms with E-state index in [-0.39, 0.29) is 57.7 Å². The van der Waals surface area contributed by atoms with Crippen LogP contribution in [0.4, 0.5) is 8.78 Å². The molecule has 4 aliphatic rings. The molecule has 2 N–H and O–H groups in total. The van der Waals surface area contributed by atoms with Crippen molar-refractivity contribution in [2.75, 3.05) is 0 Å². The van der Waals surface area contributed by atoms with Gasteiger partial charge in [0.25, 0.3) is 0 Å². The summed E-state index contributed by atoms with van der Waals surface area (Å²) >= 11 is 0. The first kappa shape index (κ1) is 46.9. The van der Waals surface area contributed by atoms with Gasteiger partial charge in [-0.25, -0.2) is 8.78 Å². The van der Waals surface area contributed by atoms with E-state index in [1.165, 1.54) is 12.1 Å². The molecule has 2 aromatic heterocycles. The van der Waals surface area contributed by atoms with Crippen LogP contribution in [0.2, 0.25) is 0 Å². The van der Waals surface area contributed by atoms with Gasteiger partial charge in [0.2, 0.25) is 0 Å². The molecule has 4 saturated carbocycles. The summed E-state index contributed by atoms with van der Waals surface area (Å²) in [4.78, 5) is 48.9. The SMILES string of the molecule is O=C(CC1CC2(C1)CC(C(=O)O)C2)c1ccc(F)c2ccn(Cc3ccc(-c4ccccc4)cc3)c12.O=C(CC1CC2(C1)CC(C(=O)O)C2)c1ccc(F)c2ccn(Cc3ccc(-c4ccccc4)cc3)c12. The first-order chi connectivity index (χ1) is 34.8. The Bertz CT molecular complexity index is 3110. The first-order valence-electron chi connectivity index (χ1n) is 25.2. The summed E-state index contributed by atoms with van der Waals surface area (Å²) in [6.07, 6.45) is 11.2. The molecule has 0 amide bonds. The summed E-state index contributed by atoms with van der Waals surface area (Å²) in [5.74, 6) is -1.86. The van der Waals surface area contributed by atoms with Crippen molar-refractivity contribution < 1.29 is 38.2 Å². The van der Waals surface area contributed by atoms with E-state index in [9.17, 15) is 28.0 Å². The van der Waals surface area contributed by atoms with E-state index < -0.39 is 11.9 Å². The van der Waals surface area contributed by atoms with Gasteiger partial charge < -0.3 is 19.3 Å². The van der Waals surface area contributed by atoms with Crippen LogP contribution in [0.5, 0.6) is 0 Å². The highest BCUT2D eigenvalue weighted by Gasteiger charge is 2.56. The van der Waals surface area contributed by atoms with Crippen molar-refractivity contribution in [2.45, 2.75) is 77.3 Å². The molecule has 72 heavy (non-hydrogen) atoms. The smallest absolute Gasteiger partial charge is 0.306 e. The van der Waals surface area contributed by atoms with E-state index in [1.54, 1.807) is 24.3 Å². The van der Waals surface area contributed by atoms with Gasteiger partial charge in [0.05, 0.1) is 22.9 Å². The predicted octanol–water partition coefficient (Wildman–Crippen LogP) is 13.9. The quantitative estimate of drug-likeness (QED) is 0.105. The molecule has 10 heteroatoms. The summed E-state index contributed by atoms with van der Waals surface area (Å²) in [6.45, 7) is 1.09. The molecule has 0 atom stereocenters. The number of hydrogen-bond donors (Lipinski definition) is 2. The number of Topliss-reactive ketones (excluding diaryl/α,β-unsaturated/α-hetero) is 2. The fourth-order valence-electron chi connectivity index (χ4n) is 12.9. The van der Waals surface area contributed by atoms with Crippen LogP contribution < -0.4 is 0 Å². The lowest BCUT2D eigenvalue weighted by atomic mass is 9.47. The molecule has 0 saturated heterocycles. The molecule has 364 valence electrons. The highest BCUT2D eigenvalue weighted by Crippen LogP contribution is 2.63. The van der Waals surface area contributed by atoms with E-state index in [0.29, 0.717) is 58.9 Å². The second-order valence-corrected chi connectivity index (χ2v) is 21.4. The third kappa shape index (κ3) is 9.19. The summed E-state index contributed by atoms with van der Waals surface area (Å²) in [7, 11) is 0. The monoisotopic (exact) mass is 962 g/mol. The maximum absolute atomic E-state index is 14.6. The number of carbonyl (C=O) groups is 4. The molecule has 2 heterocycles. The Morgan fingerprint density at radius 1 is 0.444 bits per heavy atom. The van der Waals surface area contributed by atoms with Gasteiger partial charge in [-0.1, -0.05) is 109 Å². The molecule has 0 bridgehead atoms. The van der Waals surface area contributed by atoms with Crippen LogP contribution in [0.1, 0.15) is 96.1 Å². The van der Waals surface area contributed by atoms with E-state index >= 15 is 0 Å². The normalized spacial score (nSPS) is 22.8. The average Bonchev–Trinajstić information content (AvgIpc) is 3.96. The van der Waals surface area contributed by atoms with Gasteiger partial charge in [-0.3, -0.25) is 19.2 Å². The minimum atomic E-state index is -0.704. The second-order valence-electron chi connectivity index (χ2n) is 21.4. The van der Waals surface area contributed by atoms with Gasteiger partial charge in [-0.2, -0.15) is 0 Å². The Morgan fingerprint density at radius 3 is 1.14 bits per heavy atom. The number of nitrogens with zero attached hydrogens (tertiary/aromatic N) is 2. The fourth-order valence-corrected chi connectivity index (χ4v) is 12.9. The number of rotatable bonds is 14. The molecule has 0 aliphatic heterocycles. The van der Waals surface area contributed by atoms with Crippen LogP contribution >= 0.6 is 0 Å². The number of aliphatic carboxylic acids is 2. The summed E-state index contributed by atoms with van der Waals surface area (Å²) in [5.41, 5.74) is 9.44. The minimum Gasteiger partial charge on any atom is -0.481 e.